The zero-order valence-electron chi connectivity index (χ0n) is 17.7. The Morgan fingerprint density at radius 3 is 2.78 bits per heavy atom. The number of rotatable bonds is 3. The Morgan fingerprint density at radius 2 is 1.91 bits per heavy atom. The van der Waals surface area contributed by atoms with Gasteiger partial charge in [0.05, 0.1) is 18.2 Å². The predicted molar refractivity (Wildman–Crippen MR) is 123 cm³/mol. The molecule has 2 aliphatic heterocycles. The molecule has 0 amide bonds. The molecule has 1 saturated heterocycles. The first kappa shape index (κ1) is 19.1. The van der Waals surface area contributed by atoms with Crippen LogP contribution < -0.4 is 5.56 Å². The number of nitrogens with zero attached hydrogens (tertiary/aromatic N) is 3. The summed E-state index contributed by atoms with van der Waals surface area (Å²) in [6, 6.07) is 23.8. The van der Waals surface area contributed by atoms with Gasteiger partial charge in [-0.15, -0.1) is 0 Å². The Hall–Kier alpha value is -3.62. The van der Waals surface area contributed by atoms with Gasteiger partial charge in [0.1, 0.15) is 11.3 Å². The van der Waals surface area contributed by atoms with Crippen LogP contribution in [-0.2, 0) is 13.1 Å². The standard InChI is InChI=1S/C27H23N3O2/c28-13-18-4-3-6-20(10-18)24-8-9-26(31)30-15-19-11-22(27(24)30)16-29(14-19)17-23-12-21-5-1-2-7-25(21)32-23/h1-10,12,19,22H,11,14-17H2/t19-,22+/m0/s1. The summed E-state index contributed by atoms with van der Waals surface area (Å²) in [6.45, 7) is 3.38. The van der Waals surface area contributed by atoms with Crippen molar-refractivity contribution < 1.29 is 4.42 Å². The second-order valence-electron chi connectivity index (χ2n) is 9.02. The van der Waals surface area contributed by atoms with Gasteiger partial charge in [-0.25, -0.2) is 0 Å². The minimum Gasteiger partial charge on any atom is -0.460 e. The second kappa shape index (κ2) is 7.51. The van der Waals surface area contributed by atoms with Crippen LogP contribution >= 0.6 is 0 Å². The van der Waals surface area contributed by atoms with Gasteiger partial charge in [0.2, 0.25) is 0 Å². The molecule has 0 spiro atoms. The zero-order valence-corrected chi connectivity index (χ0v) is 17.7. The fraction of sp³-hybridized carbons (Fsp3) is 0.259. The Balaban J connectivity index is 1.35. The number of furan rings is 1. The van der Waals surface area contributed by atoms with E-state index in [1.165, 1.54) is 0 Å². The smallest absolute Gasteiger partial charge is 0.250 e. The summed E-state index contributed by atoms with van der Waals surface area (Å²) in [5, 5.41) is 10.5. The topological polar surface area (TPSA) is 62.2 Å². The van der Waals surface area contributed by atoms with E-state index in [4.69, 9.17) is 4.42 Å². The molecule has 4 heterocycles. The van der Waals surface area contributed by atoms with Crippen molar-refractivity contribution in [2.24, 2.45) is 5.92 Å². The van der Waals surface area contributed by atoms with Crippen molar-refractivity contribution in [3.63, 3.8) is 0 Å². The summed E-state index contributed by atoms with van der Waals surface area (Å²) in [5.41, 5.74) is 4.81. The van der Waals surface area contributed by atoms with Gasteiger partial charge in [-0.2, -0.15) is 5.26 Å². The number of aromatic nitrogens is 1. The van der Waals surface area contributed by atoms with Crippen molar-refractivity contribution in [3.8, 4) is 17.2 Å². The molecular weight excluding hydrogens is 398 g/mol. The fourth-order valence-electron chi connectivity index (χ4n) is 5.58. The van der Waals surface area contributed by atoms with Crippen molar-refractivity contribution >= 4 is 11.0 Å². The van der Waals surface area contributed by atoms with Crippen LogP contribution in [0.1, 0.15) is 29.4 Å². The highest BCUT2D eigenvalue weighted by atomic mass is 16.3. The highest BCUT2D eigenvalue weighted by Crippen LogP contribution is 2.40. The van der Waals surface area contributed by atoms with E-state index in [9.17, 15) is 10.1 Å². The average molecular weight is 422 g/mol. The average Bonchev–Trinajstić information content (AvgIpc) is 3.22. The molecule has 5 heteroatoms. The molecule has 5 nitrogen and oxygen atoms in total. The van der Waals surface area contributed by atoms with Crippen LogP contribution in [0.25, 0.3) is 22.1 Å². The second-order valence-corrected chi connectivity index (χ2v) is 9.02. The number of hydrogen-bond acceptors (Lipinski definition) is 4. The Morgan fingerprint density at radius 1 is 1.00 bits per heavy atom. The number of hydrogen-bond donors (Lipinski definition) is 0. The third-order valence-electron chi connectivity index (χ3n) is 6.82. The normalized spacial score (nSPS) is 20.1. The maximum Gasteiger partial charge on any atom is 0.250 e. The molecule has 158 valence electrons. The highest BCUT2D eigenvalue weighted by molar-refractivity contribution is 5.77. The lowest BCUT2D eigenvalue weighted by Gasteiger charge is -2.43. The number of pyridine rings is 1. The van der Waals surface area contributed by atoms with E-state index >= 15 is 0 Å². The van der Waals surface area contributed by atoms with Crippen LogP contribution in [0.15, 0.2) is 75.9 Å². The van der Waals surface area contributed by atoms with E-state index in [1.807, 2.05) is 53.1 Å². The quantitative estimate of drug-likeness (QED) is 0.479. The third kappa shape index (κ3) is 3.24. The first-order valence-corrected chi connectivity index (χ1v) is 11.1. The van der Waals surface area contributed by atoms with Gasteiger partial charge in [-0.1, -0.05) is 30.3 Å². The summed E-state index contributed by atoms with van der Waals surface area (Å²) in [7, 11) is 0. The van der Waals surface area contributed by atoms with E-state index < -0.39 is 0 Å². The molecule has 2 bridgehead atoms. The Kier molecular flexibility index (Phi) is 4.48. The summed E-state index contributed by atoms with van der Waals surface area (Å²) >= 11 is 0. The summed E-state index contributed by atoms with van der Waals surface area (Å²) in [6.07, 6.45) is 1.09. The lowest BCUT2D eigenvalue weighted by atomic mass is 9.80. The van der Waals surface area contributed by atoms with Crippen molar-refractivity contribution in [2.45, 2.75) is 25.4 Å². The molecule has 0 radical (unpaired) electrons. The van der Waals surface area contributed by atoms with Crippen LogP contribution in [0.2, 0.25) is 0 Å². The maximum atomic E-state index is 12.8. The number of para-hydroxylation sites is 1. The first-order valence-electron chi connectivity index (χ1n) is 11.1. The third-order valence-corrected chi connectivity index (χ3v) is 6.82. The number of nitriles is 1. The van der Waals surface area contributed by atoms with Crippen molar-refractivity contribution in [1.82, 2.24) is 9.47 Å². The molecule has 1 fully saturated rings. The van der Waals surface area contributed by atoms with E-state index in [1.54, 1.807) is 6.07 Å². The molecule has 0 N–H and O–H groups in total. The lowest BCUT2D eigenvalue weighted by Crippen LogP contribution is -2.46. The molecule has 0 unspecified atom stereocenters. The molecule has 32 heavy (non-hydrogen) atoms. The van der Waals surface area contributed by atoms with Gasteiger partial charge in [-0.3, -0.25) is 9.69 Å². The van der Waals surface area contributed by atoms with Gasteiger partial charge in [0.25, 0.3) is 5.56 Å². The molecule has 2 aromatic carbocycles. The highest BCUT2D eigenvalue weighted by Gasteiger charge is 2.36. The van der Waals surface area contributed by atoms with Gasteiger partial charge < -0.3 is 8.98 Å². The zero-order chi connectivity index (χ0) is 21.7. The number of benzene rings is 2. The Labute approximate surface area is 186 Å². The molecule has 2 atom stereocenters. The molecule has 0 aliphatic carbocycles. The summed E-state index contributed by atoms with van der Waals surface area (Å²) in [5.74, 6) is 1.71. The van der Waals surface area contributed by atoms with Gasteiger partial charge >= 0.3 is 0 Å². The van der Waals surface area contributed by atoms with Crippen LogP contribution in [0.4, 0.5) is 0 Å². The SMILES string of the molecule is N#Cc1cccc(-c2ccc(=O)n3c2[C@@H]2C[C@@H](CN(Cc4cc5ccccc5o4)C2)C3)c1. The molecule has 6 rings (SSSR count). The number of likely N-dealkylation sites (tertiary alicyclic amines) is 1. The van der Waals surface area contributed by atoms with Crippen molar-refractivity contribution in [2.75, 3.05) is 13.1 Å². The largest absolute Gasteiger partial charge is 0.460 e. The predicted octanol–water partition coefficient (Wildman–Crippen LogP) is 4.75. The fourth-order valence-corrected chi connectivity index (χ4v) is 5.58. The molecule has 0 saturated carbocycles. The van der Waals surface area contributed by atoms with E-state index in [0.29, 0.717) is 11.5 Å². The van der Waals surface area contributed by atoms with Crippen molar-refractivity contribution in [3.05, 3.63) is 94.1 Å². The maximum absolute atomic E-state index is 12.8. The lowest BCUT2D eigenvalue weighted by molar-refractivity contribution is 0.109. The molecule has 2 aromatic heterocycles. The van der Waals surface area contributed by atoms with E-state index in [0.717, 1.165) is 66.2 Å². The van der Waals surface area contributed by atoms with Crippen LogP contribution in [0.3, 0.4) is 0 Å². The van der Waals surface area contributed by atoms with E-state index in [-0.39, 0.29) is 11.5 Å². The number of fused-ring (bicyclic) bond motifs is 5. The van der Waals surface area contributed by atoms with Crippen molar-refractivity contribution in [1.29, 1.82) is 5.26 Å². The van der Waals surface area contributed by atoms with E-state index in [2.05, 4.69) is 23.1 Å². The summed E-state index contributed by atoms with van der Waals surface area (Å²) < 4.78 is 8.05. The Bertz CT molecular complexity index is 1390. The minimum absolute atomic E-state index is 0.0700. The monoisotopic (exact) mass is 421 g/mol. The summed E-state index contributed by atoms with van der Waals surface area (Å²) in [4.78, 5) is 15.2. The van der Waals surface area contributed by atoms with Crippen LogP contribution in [-0.4, -0.2) is 22.6 Å². The first-order chi connectivity index (χ1) is 15.7. The van der Waals surface area contributed by atoms with Crippen LogP contribution in [0.5, 0.6) is 0 Å². The van der Waals surface area contributed by atoms with Crippen LogP contribution in [0, 0.1) is 17.2 Å². The molecular formula is C27H23N3O2. The minimum atomic E-state index is 0.0700. The number of piperidine rings is 1. The molecule has 4 aromatic rings. The van der Waals surface area contributed by atoms with Gasteiger partial charge in [-0.05, 0) is 48.2 Å². The molecule has 2 aliphatic rings. The van der Waals surface area contributed by atoms with Gasteiger partial charge in [0.15, 0.2) is 0 Å². The van der Waals surface area contributed by atoms with Gasteiger partial charge in [0, 0.05) is 48.3 Å².